The summed E-state index contributed by atoms with van der Waals surface area (Å²) >= 11 is 0. The molecule has 2 rings (SSSR count). The minimum Gasteiger partial charge on any atom is -0.361 e. The number of hydrogen-bond acceptors (Lipinski definition) is 4. The standard InChI is InChI=1S/C17H29N5O2.HI/c1-12-15(13(2)24-21-12)10-18-17(19-11-16(23)22(3)4)20-14-8-6-5-7-9-14;/h14H,5-11H2,1-4H3,(H2,18,19,20);1H. The zero-order valence-electron chi connectivity index (χ0n) is 15.6. The number of rotatable bonds is 5. The van der Waals surface area contributed by atoms with Crippen molar-refractivity contribution in [3.05, 3.63) is 17.0 Å². The number of carbonyl (C=O) groups is 1. The summed E-state index contributed by atoms with van der Waals surface area (Å²) in [7, 11) is 3.50. The minimum atomic E-state index is 0. The van der Waals surface area contributed by atoms with Gasteiger partial charge in [-0.3, -0.25) is 4.79 Å². The monoisotopic (exact) mass is 463 g/mol. The molecule has 1 aliphatic rings. The van der Waals surface area contributed by atoms with Gasteiger partial charge in [0.1, 0.15) is 5.76 Å². The topological polar surface area (TPSA) is 82.8 Å². The summed E-state index contributed by atoms with van der Waals surface area (Å²) in [5.41, 5.74) is 1.86. The van der Waals surface area contributed by atoms with Crippen molar-refractivity contribution in [2.75, 3.05) is 20.6 Å². The SMILES string of the molecule is Cc1noc(C)c1CN=C(NCC(=O)N(C)C)NC1CCCCC1.I. The second-order valence-electron chi connectivity index (χ2n) is 6.59. The Morgan fingerprint density at radius 1 is 1.28 bits per heavy atom. The molecular weight excluding hydrogens is 433 g/mol. The van der Waals surface area contributed by atoms with Crippen molar-refractivity contribution in [1.29, 1.82) is 0 Å². The molecule has 0 atom stereocenters. The van der Waals surface area contributed by atoms with Gasteiger partial charge in [0.25, 0.3) is 0 Å². The quantitative estimate of drug-likeness (QED) is 0.398. The Morgan fingerprint density at radius 2 is 1.96 bits per heavy atom. The molecule has 1 amide bonds. The molecular formula is C17H30IN5O2. The van der Waals surface area contributed by atoms with Gasteiger partial charge in [-0.1, -0.05) is 24.4 Å². The molecule has 1 aliphatic carbocycles. The zero-order chi connectivity index (χ0) is 17.5. The van der Waals surface area contributed by atoms with E-state index in [-0.39, 0.29) is 36.4 Å². The van der Waals surface area contributed by atoms with Gasteiger partial charge in [0.15, 0.2) is 5.96 Å². The smallest absolute Gasteiger partial charge is 0.241 e. The predicted molar refractivity (Wildman–Crippen MR) is 109 cm³/mol. The van der Waals surface area contributed by atoms with Crippen molar-refractivity contribution >= 4 is 35.8 Å². The Hall–Kier alpha value is -1.32. The van der Waals surface area contributed by atoms with Gasteiger partial charge < -0.3 is 20.1 Å². The third kappa shape index (κ3) is 6.83. The number of likely N-dealkylation sites (N-methyl/N-ethyl adjacent to an activating group) is 1. The zero-order valence-corrected chi connectivity index (χ0v) is 17.9. The number of aliphatic imine (C=N–C) groups is 1. The molecule has 0 saturated heterocycles. The Morgan fingerprint density at radius 3 is 2.52 bits per heavy atom. The van der Waals surface area contributed by atoms with E-state index in [4.69, 9.17) is 4.52 Å². The van der Waals surface area contributed by atoms with Crippen molar-refractivity contribution in [3.63, 3.8) is 0 Å². The van der Waals surface area contributed by atoms with Gasteiger partial charge >= 0.3 is 0 Å². The second-order valence-corrected chi connectivity index (χ2v) is 6.59. The molecule has 2 N–H and O–H groups in total. The van der Waals surface area contributed by atoms with Crippen LogP contribution < -0.4 is 10.6 Å². The lowest BCUT2D eigenvalue weighted by atomic mass is 9.96. The molecule has 0 unspecified atom stereocenters. The van der Waals surface area contributed by atoms with Gasteiger partial charge in [-0.05, 0) is 26.7 Å². The first-order valence-corrected chi connectivity index (χ1v) is 8.64. The summed E-state index contributed by atoms with van der Waals surface area (Å²) in [6.07, 6.45) is 6.08. The Bertz CT molecular complexity index is 560. The van der Waals surface area contributed by atoms with E-state index in [0.717, 1.165) is 29.9 Å². The number of aromatic nitrogens is 1. The maximum absolute atomic E-state index is 11.8. The molecule has 0 bridgehead atoms. The number of amides is 1. The van der Waals surface area contributed by atoms with E-state index in [2.05, 4.69) is 20.8 Å². The fourth-order valence-electron chi connectivity index (χ4n) is 2.80. The van der Waals surface area contributed by atoms with Crippen molar-refractivity contribution in [2.45, 2.75) is 58.5 Å². The molecule has 1 saturated carbocycles. The van der Waals surface area contributed by atoms with Crippen LogP contribution in [0.2, 0.25) is 0 Å². The number of nitrogens with zero attached hydrogens (tertiary/aromatic N) is 3. The molecule has 142 valence electrons. The summed E-state index contributed by atoms with van der Waals surface area (Å²) < 4.78 is 5.19. The highest BCUT2D eigenvalue weighted by atomic mass is 127. The average Bonchev–Trinajstić information content (AvgIpc) is 2.89. The van der Waals surface area contributed by atoms with E-state index in [1.54, 1.807) is 19.0 Å². The number of halogens is 1. The maximum atomic E-state index is 11.8. The van der Waals surface area contributed by atoms with Crippen LogP contribution in [0.25, 0.3) is 0 Å². The first-order valence-electron chi connectivity index (χ1n) is 8.64. The molecule has 0 aliphatic heterocycles. The van der Waals surface area contributed by atoms with E-state index >= 15 is 0 Å². The van der Waals surface area contributed by atoms with Gasteiger partial charge in [0, 0.05) is 25.7 Å². The maximum Gasteiger partial charge on any atom is 0.241 e. The van der Waals surface area contributed by atoms with Crippen LogP contribution in [-0.2, 0) is 11.3 Å². The number of guanidine groups is 1. The van der Waals surface area contributed by atoms with Crippen molar-refractivity contribution in [1.82, 2.24) is 20.7 Å². The summed E-state index contributed by atoms with van der Waals surface area (Å²) in [6, 6.07) is 0.420. The first-order chi connectivity index (χ1) is 11.5. The van der Waals surface area contributed by atoms with E-state index in [9.17, 15) is 4.79 Å². The van der Waals surface area contributed by atoms with Crippen LogP contribution in [0.15, 0.2) is 9.52 Å². The van der Waals surface area contributed by atoms with Crippen LogP contribution in [0, 0.1) is 13.8 Å². The van der Waals surface area contributed by atoms with E-state index < -0.39 is 0 Å². The molecule has 1 heterocycles. The van der Waals surface area contributed by atoms with Gasteiger partial charge in [0.05, 0.1) is 18.8 Å². The predicted octanol–water partition coefficient (Wildman–Crippen LogP) is 2.37. The summed E-state index contributed by atoms with van der Waals surface area (Å²) in [6.45, 7) is 4.52. The van der Waals surface area contributed by atoms with E-state index in [0.29, 0.717) is 18.5 Å². The Labute approximate surface area is 167 Å². The normalized spacial score (nSPS) is 15.4. The number of carbonyl (C=O) groups excluding carboxylic acids is 1. The van der Waals surface area contributed by atoms with Gasteiger partial charge in [0.2, 0.25) is 5.91 Å². The molecule has 0 aromatic carbocycles. The molecule has 7 nitrogen and oxygen atoms in total. The van der Waals surface area contributed by atoms with Crippen LogP contribution in [0.4, 0.5) is 0 Å². The van der Waals surface area contributed by atoms with Crippen LogP contribution in [-0.4, -0.2) is 48.6 Å². The largest absolute Gasteiger partial charge is 0.361 e. The lowest BCUT2D eigenvalue weighted by molar-refractivity contribution is -0.127. The fraction of sp³-hybridized carbons (Fsp3) is 0.706. The number of aryl methyl sites for hydroxylation is 2. The van der Waals surface area contributed by atoms with E-state index in [1.807, 2.05) is 13.8 Å². The fourth-order valence-corrected chi connectivity index (χ4v) is 2.80. The lowest BCUT2D eigenvalue weighted by Gasteiger charge is -2.25. The van der Waals surface area contributed by atoms with Crippen molar-refractivity contribution in [2.24, 2.45) is 4.99 Å². The Kier molecular flexibility index (Phi) is 9.23. The lowest BCUT2D eigenvalue weighted by Crippen LogP contribution is -2.47. The molecule has 0 radical (unpaired) electrons. The molecule has 25 heavy (non-hydrogen) atoms. The highest BCUT2D eigenvalue weighted by molar-refractivity contribution is 14.0. The van der Waals surface area contributed by atoms with Crippen molar-refractivity contribution < 1.29 is 9.32 Å². The highest BCUT2D eigenvalue weighted by Gasteiger charge is 2.16. The summed E-state index contributed by atoms with van der Waals surface area (Å²) in [4.78, 5) is 18.0. The minimum absolute atomic E-state index is 0. The van der Waals surface area contributed by atoms with Crippen LogP contribution in [0.5, 0.6) is 0 Å². The highest BCUT2D eigenvalue weighted by Crippen LogP contribution is 2.17. The summed E-state index contributed by atoms with van der Waals surface area (Å²) in [5, 5.41) is 10.6. The first kappa shape index (κ1) is 21.7. The number of nitrogens with one attached hydrogen (secondary N) is 2. The third-order valence-electron chi connectivity index (χ3n) is 4.43. The van der Waals surface area contributed by atoms with Gasteiger partial charge in [-0.2, -0.15) is 0 Å². The molecule has 1 aromatic rings. The molecule has 1 aromatic heterocycles. The Balaban J connectivity index is 0.00000312. The van der Waals surface area contributed by atoms with Crippen LogP contribution >= 0.6 is 24.0 Å². The average molecular weight is 463 g/mol. The van der Waals surface area contributed by atoms with Crippen LogP contribution in [0.1, 0.15) is 49.1 Å². The molecule has 8 heteroatoms. The van der Waals surface area contributed by atoms with Crippen molar-refractivity contribution in [3.8, 4) is 0 Å². The summed E-state index contributed by atoms with van der Waals surface area (Å²) in [5.74, 6) is 1.49. The third-order valence-corrected chi connectivity index (χ3v) is 4.43. The second kappa shape index (κ2) is 10.6. The molecule has 1 fully saturated rings. The molecule has 0 spiro atoms. The van der Waals surface area contributed by atoms with E-state index in [1.165, 1.54) is 19.3 Å². The van der Waals surface area contributed by atoms with Gasteiger partial charge in [-0.25, -0.2) is 4.99 Å². The number of hydrogen-bond donors (Lipinski definition) is 2. The van der Waals surface area contributed by atoms with Crippen LogP contribution in [0.3, 0.4) is 0 Å². The van der Waals surface area contributed by atoms with Gasteiger partial charge in [-0.15, -0.1) is 24.0 Å².